The number of carbonyl (C=O) groups excluding carboxylic acids is 1. The number of aliphatic hydroxyl groups excluding tert-OH is 1. The van der Waals surface area contributed by atoms with Crippen molar-refractivity contribution in [1.82, 2.24) is 10.6 Å². The molecule has 1 aromatic rings. The van der Waals surface area contributed by atoms with Gasteiger partial charge in [-0.3, -0.25) is 0 Å². The lowest BCUT2D eigenvalue weighted by Crippen LogP contribution is -2.42. The fourth-order valence-corrected chi connectivity index (χ4v) is 2.69. The van der Waals surface area contributed by atoms with Gasteiger partial charge in [0.2, 0.25) is 0 Å². The lowest BCUT2D eigenvalue weighted by atomic mass is 10.1. The Morgan fingerprint density at radius 3 is 2.71 bits per heavy atom. The molecule has 116 valence electrons. The number of urea groups is 1. The minimum atomic E-state index is -0.255. The van der Waals surface area contributed by atoms with Crippen LogP contribution in [0.25, 0.3) is 0 Å². The van der Waals surface area contributed by atoms with E-state index in [0.29, 0.717) is 13.1 Å². The zero-order chi connectivity index (χ0) is 15.1. The molecule has 0 spiro atoms. The van der Waals surface area contributed by atoms with E-state index in [1.165, 1.54) is 0 Å². The van der Waals surface area contributed by atoms with Crippen molar-refractivity contribution in [3.8, 4) is 0 Å². The Hall–Kier alpha value is -1.75. The van der Waals surface area contributed by atoms with Crippen LogP contribution >= 0.6 is 0 Å². The Kier molecular flexibility index (Phi) is 5.87. The number of hydrogen-bond acceptors (Lipinski definition) is 3. The molecule has 3 N–H and O–H groups in total. The fourth-order valence-electron chi connectivity index (χ4n) is 2.69. The Bertz CT molecular complexity index is 438. The highest BCUT2D eigenvalue weighted by Crippen LogP contribution is 2.24. The molecule has 0 saturated heterocycles. The summed E-state index contributed by atoms with van der Waals surface area (Å²) in [5.41, 5.74) is 1.13. The Morgan fingerprint density at radius 2 is 2.05 bits per heavy atom. The number of nitrogens with zero attached hydrogens (tertiary/aromatic N) is 1. The molecule has 2 rings (SSSR count). The molecule has 1 fully saturated rings. The first-order valence-electron chi connectivity index (χ1n) is 7.63. The van der Waals surface area contributed by atoms with Crippen molar-refractivity contribution in [2.24, 2.45) is 5.92 Å². The maximum atomic E-state index is 11.7. The number of likely N-dealkylation sites (N-methyl/N-ethyl adjacent to an activating group) is 1. The quantitative estimate of drug-likeness (QED) is 0.745. The molecule has 1 saturated carbocycles. The van der Waals surface area contributed by atoms with Gasteiger partial charge in [-0.2, -0.15) is 0 Å². The molecule has 2 amide bonds. The van der Waals surface area contributed by atoms with Gasteiger partial charge < -0.3 is 20.6 Å². The Balaban J connectivity index is 1.61. The van der Waals surface area contributed by atoms with Gasteiger partial charge in [-0.25, -0.2) is 4.79 Å². The summed E-state index contributed by atoms with van der Waals surface area (Å²) in [6.07, 6.45) is 2.65. The maximum Gasteiger partial charge on any atom is 0.314 e. The van der Waals surface area contributed by atoms with Crippen LogP contribution in [0.4, 0.5) is 10.5 Å². The van der Waals surface area contributed by atoms with Gasteiger partial charge in [-0.05, 0) is 25.0 Å². The van der Waals surface area contributed by atoms with Crippen molar-refractivity contribution in [2.45, 2.75) is 25.4 Å². The van der Waals surface area contributed by atoms with Crippen molar-refractivity contribution in [2.75, 3.05) is 31.6 Å². The lowest BCUT2D eigenvalue weighted by Gasteiger charge is -2.20. The van der Waals surface area contributed by atoms with Crippen LogP contribution in [-0.2, 0) is 0 Å². The number of nitrogens with one attached hydrogen (secondary N) is 2. The number of hydrogen-bond donors (Lipinski definition) is 3. The van der Waals surface area contributed by atoms with Gasteiger partial charge in [0.05, 0.1) is 6.10 Å². The molecule has 2 atom stereocenters. The van der Waals surface area contributed by atoms with E-state index in [1.807, 2.05) is 37.4 Å². The molecule has 5 heteroatoms. The van der Waals surface area contributed by atoms with Crippen LogP contribution in [0.2, 0.25) is 0 Å². The van der Waals surface area contributed by atoms with E-state index in [4.69, 9.17) is 0 Å². The number of rotatable bonds is 6. The van der Waals surface area contributed by atoms with Crippen molar-refractivity contribution in [3.63, 3.8) is 0 Å². The highest BCUT2D eigenvalue weighted by atomic mass is 16.3. The molecule has 1 aromatic carbocycles. The minimum Gasteiger partial charge on any atom is -0.393 e. The van der Waals surface area contributed by atoms with Crippen LogP contribution in [0, 0.1) is 5.92 Å². The van der Waals surface area contributed by atoms with E-state index in [1.54, 1.807) is 0 Å². The van der Waals surface area contributed by atoms with Crippen LogP contribution < -0.4 is 15.5 Å². The predicted molar refractivity (Wildman–Crippen MR) is 84.5 cm³/mol. The summed E-state index contributed by atoms with van der Waals surface area (Å²) in [7, 11) is 2.00. The highest BCUT2D eigenvalue weighted by molar-refractivity contribution is 5.73. The van der Waals surface area contributed by atoms with E-state index in [0.717, 1.165) is 31.5 Å². The maximum absolute atomic E-state index is 11.7. The second-order valence-corrected chi connectivity index (χ2v) is 5.65. The SMILES string of the molecule is CN(CCNC(=O)NCC1CCCC1O)c1ccccc1. The first-order valence-corrected chi connectivity index (χ1v) is 7.63. The molecule has 0 heterocycles. The number of carbonyl (C=O) groups is 1. The molecule has 0 aromatic heterocycles. The van der Waals surface area contributed by atoms with Gasteiger partial charge in [-0.1, -0.05) is 24.6 Å². The normalized spacial score (nSPS) is 21.0. The van der Waals surface area contributed by atoms with Crippen LogP contribution in [0.3, 0.4) is 0 Å². The number of benzene rings is 1. The van der Waals surface area contributed by atoms with Gasteiger partial charge in [-0.15, -0.1) is 0 Å². The van der Waals surface area contributed by atoms with Crippen molar-refractivity contribution in [1.29, 1.82) is 0 Å². The summed E-state index contributed by atoms with van der Waals surface area (Å²) in [5.74, 6) is 0.211. The van der Waals surface area contributed by atoms with E-state index < -0.39 is 0 Å². The molecular formula is C16H25N3O2. The first-order chi connectivity index (χ1) is 10.2. The fraction of sp³-hybridized carbons (Fsp3) is 0.562. The zero-order valence-corrected chi connectivity index (χ0v) is 12.6. The lowest BCUT2D eigenvalue weighted by molar-refractivity contribution is 0.132. The van der Waals surface area contributed by atoms with E-state index in [-0.39, 0.29) is 18.1 Å². The molecule has 1 aliphatic carbocycles. The molecule has 0 bridgehead atoms. The third-order valence-electron chi connectivity index (χ3n) is 4.07. The summed E-state index contributed by atoms with van der Waals surface area (Å²) < 4.78 is 0. The topological polar surface area (TPSA) is 64.6 Å². The number of aliphatic hydroxyl groups is 1. The van der Waals surface area contributed by atoms with Crippen molar-refractivity contribution >= 4 is 11.7 Å². The summed E-state index contributed by atoms with van der Waals surface area (Å²) in [6.45, 7) is 1.90. The van der Waals surface area contributed by atoms with Gasteiger partial charge in [0.15, 0.2) is 0 Å². The average molecular weight is 291 g/mol. The summed E-state index contributed by atoms with van der Waals surface area (Å²) in [5, 5.41) is 15.4. The second-order valence-electron chi connectivity index (χ2n) is 5.65. The highest BCUT2D eigenvalue weighted by Gasteiger charge is 2.25. The second kappa shape index (κ2) is 7.88. The minimum absolute atomic E-state index is 0.157. The van der Waals surface area contributed by atoms with Crippen LogP contribution in [-0.4, -0.2) is 43.9 Å². The van der Waals surface area contributed by atoms with Gasteiger partial charge in [0.1, 0.15) is 0 Å². The summed E-state index contributed by atoms with van der Waals surface area (Å²) in [6, 6.07) is 9.91. The Morgan fingerprint density at radius 1 is 1.29 bits per heavy atom. The molecular weight excluding hydrogens is 266 g/mol. The van der Waals surface area contributed by atoms with E-state index in [2.05, 4.69) is 15.5 Å². The van der Waals surface area contributed by atoms with Gasteiger partial charge in [0, 0.05) is 38.3 Å². The van der Waals surface area contributed by atoms with Crippen LogP contribution in [0.1, 0.15) is 19.3 Å². The number of anilines is 1. The third-order valence-corrected chi connectivity index (χ3v) is 4.07. The van der Waals surface area contributed by atoms with Crippen LogP contribution in [0.5, 0.6) is 0 Å². The first kappa shape index (κ1) is 15.6. The Labute approximate surface area is 126 Å². The zero-order valence-electron chi connectivity index (χ0n) is 12.6. The predicted octanol–water partition coefficient (Wildman–Crippen LogP) is 1.58. The van der Waals surface area contributed by atoms with Gasteiger partial charge in [0.25, 0.3) is 0 Å². The third kappa shape index (κ3) is 4.93. The van der Waals surface area contributed by atoms with Crippen molar-refractivity contribution < 1.29 is 9.90 Å². The monoisotopic (exact) mass is 291 g/mol. The van der Waals surface area contributed by atoms with E-state index >= 15 is 0 Å². The standard InChI is InChI=1S/C16H25N3O2/c1-19(14-7-3-2-4-8-14)11-10-17-16(21)18-12-13-6-5-9-15(13)20/h2-4,7-8,13,15,20H,5-6,9-12H2,1H3,(H2,17,18,21). The molecule has 2 unspecified atom stereocenters. The molecule has 5 nitrogen and oxygen atoms in total. The summed E-state index contributed by atoms with van der Waals surface area (Å²) >= 11 is 0. The van der Waals surface area contributed by atoms with Crippen LogP contribution in [0.15, 0.2) is 30.3 Å². The van der Waals surface area contributed by atoms with E-state index in [9.17, 15) is 9.90 Å². The molecule has 1 aliphatic rings. The van der Waals surface area contributed by atoms with Crippen molar-refractivity contribution in [3.05, 3.63) is 30.3 Å². The van der Waals surface area contributed by atoms with Gasteiger partial charge >= 0.3 is 6.03 Å². The molecule has 21 heavy (non-hydrogen) atoms. The average Bonchev–Trinajstić information content (AvgIpc) is 2.91. The summed E-state index contributed by atoms with van der Waals surface area (Å²) in [4.78, 5) is 13.8. The largest absolute Gasteiger partial charge is 0.393 e. The number of amides is 2. The number of para-hydroxylation sites is 1. The molecule has 0 radical (unpaired) electrons. The smallest absolute Gasteiger partial charge is 0.314 e. The molecule has 0 aliphatic heterocycles.